The second-order valence-corrected chi connectivity index (χ2v) is 4.99. The maximum Gasteiger partial charge on any atom is 0.224 e. The number of rotatable bonds is 5. The molecule has 1 heterocycles. The summed E-state index contributed by atoms with van der Waals surface area (Å²) in [4.78, 5) is 11.8. The summed E-state index contributed by atoms with van der Waals surface area (Å²) in [6.07, 6.45) is 2.74. The molecule has 2 rings (SSSR count). The SMILES string of the molecule is Cc1c(Cl)cnn1CCCC(=O)Nc1cccc(N)c1. The number of anilines is 2. The van der Waals surface area contributed by atoms with Crippen LogP contribution in [0, 0.1) is 6.92 Å². The standard InChI is InChI=1S/C14H17ClN4O/c1-10-13(15)9-17-19(10)7-3-6-14(20)18-12-5-2-4-11(16)8-12/h2,4-5,8-9H,3,6-7,16H2,1H3,(H,18,20). The lowest BCUT2D eigenvalue weighted by Crippen LogP contribution is -2.13. The van der Waals surface area contributed by atoms with Crippen molar-refractivity contribution in [1.29, 1.82) is 0 Å². The highest BCUT2D eigenvalue weighted by molar-refractivity contribution is 6.31. The molecule has 106 valence electrons. The predicted molar refractivity (Wildman–Crippen MR) is 80.7 cm³/mol. The minimum Gasteiger partial charge on any atom is -0.399 e. The summed E-state index contributed by atoms with van der Waals surface area (Å²) in [5.41, 5.74) is 7.92. The van der Waals surface area contributed by atoms with Gasteiger partial charge < -0.3 is 11.1 Å². The van der Waals surface area contributed by atoms with E-state index in [1.165, 1.54) is 0 Å². The van der Waals surface area contributed by atoms with Gasteiger partial charge >= 0.3 is 0 Å². The molecule has 0 saturated carbocycles. The minimum absolute atomic E-state index is 0.0356. The Hall–Kier alpha value is -2.01. The van der Waals surface area contributed by atoms with Crippen LogP contribution in [0.3, 0.4) is 0 Å². The Morgan fingerprint density at radius 2 is 2.30 bits per heavy atom. The number of nitrogen functional groups attached to an aromatic ring is 1. The summed E-state index contributed by atoms with van der Waals surface area (Å²) in [6.45, 7) is 2.57. The molecule has 0 bridgehead atoms. The molecule has 2 aromatic rings. The molecule has 0 saturated heterocycles. The van der Waals surface area contributed by atoms with Crippen molar-refractivity contribution >= 4 is 28.9 Å². The van der Waals surface area contributed by atoms with Gasteiger partial charge in [0.1, 0.15) is 0 Å². The van der Waals surface area contributed by atoms with E-state index in [1.54, 1.807) is 29.1 Å². The summed E-state index contributed by atoms with van der Waals surface area (Å²) >= 11 is 5.92. The van der Waals surface area contributed by atoms with Crippen molar-refractivity contribution in [1.82, 2.24) is 9.78 Å². The summed E-state index contributed by atoms with van der Waals surface area (Å²) in [6, 6.07) is 7.13. The maximum atomic E-state index is 11.8. The Morgan fingerprint density at radius 1 is 1.50 bits per heavy atom. The fourth-order valence-corrected chi connectivity index (χ4v) is 2.02. The average molecular weight is 293 g/mol. The zero-order valence-corrected chi connectivity index (χ0v) is 12.0. The summed E-state index contributed by atoms with van der Waals surface area (Å²) in [5.74, 6) is -0.0356. The van der Waals surface area contributed by atoms with Gasteiger partial charge in [0.25, 0.3) is 0 Å². The lowest BCUT2D eigenvalue weighted by atomic mass is 10.2. The third kappa shape index (κ3) is 3.74. The third-order valence-electron chi connectivity index (χ3n) is 2.99. The van der Waals surface area contributed by atoms with Gasteiger partial charge in [-0.1, -0.05) is 17.7 Å². The lowest BCUT2D eigenvalue weighted by Gasteiger charge is -2.07. The molecular formula is C14H17ClN4O. The highest BCUT2D eigenvalue weighted by atomic mass is 35.5. The molecule has 6 heteroatoms. The van der Waals surface area contributed by atoms with E-state index in [-0.39, 0.29) is 5.91 Å². The molecule has 3 N–H and O–H groups in total. The highest BCUT2D eigenvalue weighted by Gasteiger charge is 2.06. The summed E-state index contributed by atoms with van der Waals surface area (Å²) in [5, 5.41) is 7.61. The van der Waals surface area contributed by atoms with E-state index in [0.717, 1.165) is 5.69 Å². The molecular weight excluding hydrogens is 276 g/mol. The van der Waals surface area contributed by atoms with Crippen LogP contribution in [0.4, 0.5) is 11.4 Å². The monoisotopic (exact) mass is 292 g/mol. The number of hydrogen-bond acceptors (Lipinski definition) is 3. The van der Waals surface area contributed by atoms with E-state index < -0.39 is 0 Å². The van der Waals surface area contributed by atoms with Crippen LogP contribution in [-0.4, -0.2) is 15.7 Å². The number of aryl methyl sites for hydroxylation is 1. The largest absolute Gasteiger partial charge is 0.399 e. The fourth-order valence-electron chi connectivity index (χ4n) is 1.88. The smallest absolute Gasteiger partial charge is 0.224 e. The first-order valence-electron chi connectivity index (χ1n) is 6.39. The molecule has 0 unspecified atom stereocenters. The van der Waals surface area contributed by atoms with Crippen LogP contribution in [0.5, 0.6) is 0 Å². The molecule has 1 aromatic carbocycles. The second kappa shape index (κ2) is 6.43. The summed E-state index contributed by atoms with van der Waals surface area (Å²) < 4.78 is 1.80. The molecule has 5 nitrogen and oxygen atoms in total. The molecule has 0 spiro atoms. The number of nitrogens with two attached hydrogens (primary N) is 1. The van der Waals surface area contributed by atoms with Crippen molar-refractivity contribution in [3.05, 3.63) is 41.2 Å². The molecule has 0 aliphatic rings. The number of amides is 1. The van der Waals surface area contributed by atoms with Crippen molar-refractivity contribution in [2.24, 2.45) is 0 Å². The first-order chi connectivity index (χ1) is 9.56. The highest BCUT2D eigenvalue weighted by Crippen LogP contribution is 2.14. The Morgan fingerprint density at radius 3 is 2.95 bits per heavy atom. The van der Waals surface area contributed by atoms with Gasteiger partial charge in [-0.05, 0) is 31.5 Å². The van der Waals surface area contributed by atoms with Gasteiger partial charge in [-0.25, -0.2) is 0 Å². The van der Waals surface area contributed by atoms with Gasteiger partial charge in [-0.3, -0.25) is 9.48 Å². The van der Waals surface area contributed by atoms with Crippen LogP contribution < -0.4 is 11.1 Å². The summed E-state index contributed by atoms with van der Waals surface area (Å²) in [7, 11) is 0. The fraction of sp³-hybridized carbons (Fsp3) is 0.286. The maximum absolute atomic E-state index is 11.8. The van der Waals surface area contributed by atoms with Gasteiger partial charge in [0.15, 0.2) is 0 Å². The van der Waals surface area contributed by atoms with Crippen molar-refractivity contribution in [3.8, 4) is 0 Å². The van der Waals surface area contributed by atoms with E-state index in [0.29, 0.717) is 35.8 Å². The van der Waals surface area contributed by atoms with Crippen molar-refractivity contribution < 1.29 is 4.79 Å². The number of carbonyl (C=O) groups is 1. The van der Waals surface area contributed by atoms with Crippen molar-refractivity contribution in [3.63, 3.8) is 0 Å². The molecule has 0 atom stereocenters. The Labute approximate surface area is 122 Å². The number of halogens is 1. The first-order valence-corrected chi connectivity index (χ1v) is 6.77. The lowest BCUT2D eigenvalue weighted by molar-refractivity contribution is -0.116. The Balaban J connectivity index is 1.80. The molecule has 1 amide bonds. The van der Waals surface area contributed by atoms with Crippen LogP contribution in [-0.2, 0) is 11.3 Å². The van der Waals surface area contributed by atoms with E-state index in [1.807, 2.05) is 13.0 Å². The zero-order valence-electron chi connectivity index (χ0n) is 11.3. The Bertz CT molecular complexity index is 609. The van der Waals surface area contributed by atoms with Gasteiger partial charge in [0.05, 0.1) is 16.9 Å². The van der Waals surface area contributed by atoms with E-state index in [2.05, 4.69) is 10.4 Å². The first kappa shape index (κ1) is 14.4. The average Bonchev–Trinajstić information content (AvgIpc) is 2.71. The zero-order chi connectivity index (χ0) is 14.5. The van der Waals surface area contributed by atoms with E-state index in [4.69, 9.17) is 17.3 Å². The number of benzene rings is 1. The number of nitrogens with one attached hydrogen (secondary N) is 1. The van der Waals surface area contributed by atoms with Crippen LogP contribution in [0.15, 0.2) is 30.5 Å². The number of aromatic nitrogens is 2. The molecule has 1 aromatic heterocycles. The van der Waals surface area contributed by atoms with Gasteiger partial charge in [-0.15, -0.1) is 0 Å². The molecule has 0 fully saturated rings. The van der Waals surface area contributed by atoms with Gasteiger partial charge in [0.2, 0.25) is 5.91 Å². The number of carbonyl (C=O) groups excluding carboxylic acids is 1. The van der Waals surface area contributed by atoms with Crippen molar-refractivity contribution in [2.75, 3.05) is 11.1 Å². The molecule has 0 aliphatic heterocycles. The van der Waals surface area contributed by atoms with Crippen LogP contribution in [0.1, 0.15) is 18.5 Å². The quantitative estimate of drug-likeness (QED) is 0.832. The number of hydrogen-bond donors (Lipinski definition) is 2. The predicted octanol–water partition coefficient (Wildman–Crippen LogP) is 2.85. The molecule has 20 heavy (non-hydrogen) atoms. The second-order valence-electron chi connectivity index (χ2n) is 4.58. The van der Waals surface area contributed by atoms with E-state index in [9.17, 15) is 4.79 Å². The van der Waals surface area contributed by atoms with Gasteiger partial charge in [0, 0.05) is 24.3 Å². The van der Waals surface area contributed by atoms with Crippen LogP contribution >= 0.6 is 11.6 Å². The molecule has 0 radical (unpaired) electrons. The van der Waals surface area contributed by atoms with Crippen LogP contribution in [0.2, 0.25) is 5.02 Å². The van der Waals surface area contributed by atoms with Crippen molar-refractivity contribution in [2.45, 2.75) is 26.3 Å². The minimum atomic E-state index is -0.0356. The normalized spacial score (nSPS) is 10.5. The Kier molecular flexibility index (Phi) is 4.63. The van der Waals surface area contributed by atoms with E-state index >= 15 is 0 Å². The third-order valence-corrected chi connectivity index (χ3v) is 3.36. The molecule has 0 aliphatic carbocycles. The number of nitrogens with zero attached hydrogens (tertiary/aromatic N) is 2. The van der Waals surface area contributed by atoms with Crippen LogP contribution in [0.25, 0.3) is 0 Å². The topological polar surface area (TPSA) is 72.9 Å². The van der Waals surface area contributed by atoms with Gasteiger partial charge in [-0.2, -0.15) is 5.10 Å².